The fraction of sp³-hybridized carbons (Fsp3) is 0.160. The van der Waals surface area contributed by atoms with Gasteiger partial charge < -0.3 is 10.2 Å². The van der Waals surface area contributed by atoms with Crippen molar-refractivity contribution in [3.63, 3.8) is 0 Å². The number of rotatable bonds is 6. The van der Waals surface area contributed by atoms with E-state index in [0.717, 1.165) is 10.5 Å². The molecule has 1 unspecified atom stereocenters. The standard InChI is InChI=1S/C25H22ClN3O3/c1-25(19-11-8-12-20(26)15-19)23(31)29(24(32)27-25)17-22(30)28(21-13-6-3-7-14-21)16-18-9-4-2-5-10-18/h2-15H,16-17H2,1H3,(H,27,32). The number of urea groups is 1. The lowest BCUT2D eigenvalue weighted by Crippen LogP contribution is -2.44. The minimum Gasteiger partial charge on any atom is -0.319 e. The van der Waals surface area contributed by atoms with Crippen molar-refractivity contribution in [3.8, 4) is 0 Å². The molecule has 0 spiro atoms. The molecular formula is C25H22ClN3O3. The molecule has 0 radical (unpaired) electrons. The fourth-order valence-corrected chi connectivity index (χ4v) is 3.94. The molecule has 1 aliphatic rings. The van der Waals surface area contributed by atoms with E-state index in [2.05, 4.69) is 5.32 Å². The third-order valence-electron chi connectivity index (χ3n) is 5.52. The smallest absolute Gasteiger partial charge is 0.319 e. The van der Waals surface area contributed by atoms with Crippen LogP contribution in [-0.4, -0.2) is 29.3 Å². The monoisotopic (exact) mass is 447 g/mol. The first-order chi connectivity index (χ1) is 15.4. The SMILES string of the molecule is CC1(c2cccc(Cl)c2)NC(=O)N(CC(=O)N(Cc2ccccc2)c2ccccc2)C1=O. The Balaban J connectivity index is 1.59. The zero-order valence-electron chi connectivity index (χ0n) is 17.5. The first kappa shape index (κ1) is 21.6. The number of nitrogens with zero attached hydrogens (tertiary/aromatic N) is 2. The topological polar surface area (TPSA) is 69.7 Å². The van der Waals surface area contributed by atoms with Crippen LogP contribution in [0, 0.1) is 0 Å². The summed E-state index contributed by atoms with van der Waals surface area (Å²) in [5.41, 5.74) is 0.887. The van der Waals surface area contributed by atoms with Gasteiger partial charge in [0.1, 0.15) is 12.1 Å². The first-order valence-electron chi connectivity index (χ1n) is 10.2. The fourth-order valence-electron chi connectivity index (χ4n) is 3.75. The lowest BCUT2D eigenvalue weighted by Gasteiger charge is -2.26. The molecule has 1 N–H and O–H groups in total. The van der Waals surface area contributed by atoms with E-state index in [4.69, 9.17) is 11.6 Å². The number of carbonyl (C=O) groups excluding carboxylic acids is 3. The molecule has 3 aromatic rings. The second kappa shape index (κ2) is 8.85. The number of imide groups is 1. The van der Waals surface area contributed by atoms with Gasteiger partial charge in [-0.3, -0.25) is 14.5 Å². The van der Waals surface area contributed by atoms with Crippen molar-refractivity contribution in [2.24, 2.45) is 0 Å². The average molecular weight is 448 g/mol. The molecule has 0 saturated carbocycles. The Labute approximate surface area is 191 Å². The number of hydrogen-bond donors (Lipinski definition) is 1. The Kier molecular flexibility index (Phi) is 5.97. The second-order valence-corrected chi connectivity index (χ2v) is 8.19. The number of para-hydroxylation sites is 1. The van der Waals surface area contributed by atoms with Gasteiger partial charge >= 0.3 is 6.03 Å². The van der Waals surface area contributed by atoms with Crippen molar-refractivity contribution in [2.45, 2.75) is 19.0 Å². The molecule has 6 nitrogen and oxygen atoms in total. The summed E-state index contributed by atoms with van der Waals surface area (Å²) in [6.07, 6.45) is 0. The van der Waals surface area contributed by atoms with Gasteiger partial charge in [0.2, 0.25) is 5.91 Å². The maximum Gasteiger partial charge on any atom is 0.325 e. The van der Waals surface area contributed by atoms with Gasteiger partial charge in [-0.25, -0.2) is 4.79 Å². The number of amides is 4. The Morgan fingerprint density at radius 1 is 0.969 bits per heavy atom. The van der Waals surface area contributed by atoms with Crippen molar-refractivity contribution >= 4 is 35.1 Å². The lowest BCUT2D eigenvalue weighted by atomic mass is 9.92. The summed E-state index contributed by atoms with van der Waals surface area (Å²) in [5.74, 6) is -0.857. The predicted molar refractivity (Wildman–Crippen MR) is 123 cm³/mol. The van der Waals surface area contributed by atoms with E-state index in [1.807, 2.05) is 60.7 Å². The minimum atomic E-state index is -1.29. The van der Waals surface area contributed by atoms with Crippen LogP contribution in [0.4, 0.5) is 10.5 Å². The molecule has 1 atom stereocenters. The number of hydrogen-bond acceptors (Lipinski definition) is 3. The number of halogens is 1. The van der Waals surface area contributed by atoms with E-state index in [9.17, 15) is 14.4 Å². The van der Waals surface area contributed by atoms with Crippen LogP contribution in [0.1, 0.15) is 18.1 Å². The third kappa shape index (κ3) is 4.22. The van der Waals surface area contributed by atoms with Crippen molar-refractivity contribution in [1.82, 2.24) is 10.2 Å². The molecular weight excluding hydrogens is 426 g/mol. The molecule has 1 fully saturated rings. The van der Waals surface area contributed by atoms with Gasteiger partial charge in [-0.05, 0) is 42.3 Å². The number of benzene rings is 3. The van der Waals surface area contributed by atoms with Crippen LogP contribution in [-0.2, 0) is 21.7 Å². The van der Waals surface area contributed by atoms with Gasteiger partial charge in [0.05, 0.1) is 6.54 Å². The van der Waals surface area contributed by atoms with Gasteiger partial charge in [0.25, 0.3) is 5.91 Å². The van der Waals surface area contributed by atoms with Crippen molar-refractivity contribution in [1.29, 1.82) is 0 Å². The highest BCUT2D eigenvalue weighted by Crippen LogP contribution is 2.30. The molecule has 162 valence electrons. The normalized spacial score (nSPS) is 17.9. The van der Waals surface area contributed by atoms with Crippen LogP contribution < -0.4 is 10.2 Å². The summed E-state index contributed by atoms with van der Waals surface area (Å²) in [5, 5.41) is 3.17. The molecule has 0 aromatic heterocycles. The van der Waals surface area contributed by atoms with Crippen LogP contribution in [0.25, 0.3) is 0 Å². The number of carbonyl (C=O) groups is 3. The van der Waals surface area contributed by atoms with E-state index in [1.54, 1.807) is 36.1 Å². The summed E-state index contributed by atoms with van der Waals surface area (Å²) in [6.45, 7) is 1.56. The average Bonchev–Trinajstić information content (AvgIpc) is 3.02. The van der Waals surface area contributed by atoms with Crippen molar-refractivity contribution in [2.75, 3.05) is 11.4 Å². The van der Waals surface area contributed by atoms with Crippen LogP contribution >= 0.6 is 11.6 Å². The predicted octanol–water partition coefficient (Wildman–Crippen LogP) is 4.34. The Hall–Kier alpha value is -3.64. The zero-order valence-corrected chi connectivity index (χ0v) is 18.3. The second-order valence-electron chi connectivity index (χ2n) is 7.76. The molecule has 1 aliphatic heterocycles. The highest BCUT2D eigenvalue weighted by atomic mass is 35.5. The Bertz CT molecular complexity index is 1150. The summed E-state index contributed by atoms with van der Waals surface area (Å²) >= 11 is 6.08. The van der Waals surface area contributed by atoms with E-state index >= 15 is 0 Å². The van der Waals surface area contributed by atoms with Crippen LogP contribution in [0.3, 0.4) is 0 Å². The van der Waals surface area contributed by atoms with E-state index in [0.29, 0.717) is 22.8 Å². The number of nitrogens with one attached hydrogen (secondary N) is 1. The van der Waals surface area contributed by atoms with E-state index < -0.39 is 17.5 Å². The van der Waals surface area contributed by atoms with Crippen LogP contribution in [0.5, 0.6) is 0 Å². The summed E-state index contributed by atoms with van der Waals surface area (Å²) in [7, 11) is 0. The largest absolute Gasteiger partial charge is 0.325 e. The molecule has 7 heteroatoms. The summed E-state index contributed by atoms with van der Waals surface area (Å²) in [4.78, 5) is 41.8. The lowest BCUT2D eigenvalue weighted by molar-refractivity contribution is -0.134. The minimum absolute atomic E-state index is 0.318. The van der Waals surface area contributed by atoms with Gasteiger partial charge in [0, 0.05) is 10.7 Å². The number of anilines is 1. The molecule has 0 aliphatic carbocycles. The molecule has 4 amide bonds. The molecule has 4 rings (SSSR count). The maximum atomic E-state index is 13.3. The Morgan fingerprint density at radius 2 is 1.62 bits per heavy atom. The maximum absolute atomic E-state index is 13.3. The van der Waals surface area contributed by atoms with Crippen molar-refractivity contribution in [3.05, 3.63) is 101 Å². The van der Waals surface area contributed by atoms with Crippen LogP contribution in [0.2, 0.25) is 5.02 Å². The van der Waals surface area contributed by atoms with E-state index in [1.165, 1.54) is 0 Å². The quantitative estimate of drug-likeness (QED) is 0.571. The summed E-state index contributed by atoms with van der Waals surface area (Å²) in [6, 6.07) is 24.9. The van der Waals surface area contributed by atoms with Gasteiger partial charge in [0.15, 0.2) is 0 Å². The highest BCUT2D eigenvalue weighted by Gasteiger charge is 2.49. The van der Waals surface area contributed by atoms with Crippen molar-refractivity contribution < 1.29 is 14.4 Å². The van der Waals surface area contributed by atoms with Gasteiger partial charge in [-0.1, -0.05) is 72.3 Å². The molecule has 32 heavy (non-hydrogen) atoms. The first-order valence-corrected chi connectivity index (χ1v) is 10.6. The summed E-state index contributed by atoms with van der Waals surface area (Å²) < 4.78 is 0. The van der Waals surface area contributed by atoms with Gasteiger partial charge in [-0.15, -0.1) is 0 Å². The molecule has 3 aromatic carbocycles. The highest BCUT2D eigenvalue weighted by molar-refractivity contribution is 6.30. The zero-order chi connectivity index (χ0) is 22.7. The van der Waals surface area contributed by atoms with E-state index in [-0.39, 0.29) is 12.5 Å². The molecule has 1 saturated heterocycles. The molecule has 0 bridgehead atoms. The van der Waals surface area contributed by atoms with Gasteiger partial charge in [-0.2, -0.15) is 0 Å². The Morgan fingerprint density at radius 3 is 2.28 bits per heavy atom. The third-order valence-corrected chi connectivity index (χ3v) is 5.76. The molecule has 1 heterocycles. The van der Waals surface area contributed by atoms with Crippen LogP contribution in [0.15, 0.2) is 84.9 Å².